The Kier molecular flexibility index (Phi) is 3.42. The lowest BCUT2D eigenvalue weighted by atomic mass is 10.2. The zero-order valence-corrected chi connectivity index (χ0v) is 12.7. The van der Waals surface area contributed by atoms with Crippen molar-refractivity contribution in [1.82, 2.24) is 25.1 Å². The molecule has 2 bridgehead atoms. The van der Waals surface area contributed by atoms with E-state index < -0.39 is 0 Å². The number of nitrogens with zero attached hydrogens (tertiary/aromatic N) is 5. The van der Waals surface area contributed by atoms with Gasteiger partial charge >= 0.3 is 0 Å². The van der Waals surface area contributed by atoms with Crippen molar-refractivity contribution in [2.75, 3.05) is 29.9 Å². The maximum atomic E-state index is 4.66. The molecule has 0 saturated carbocycles. The Labute approximate surface area is 129 Å². The van der Waals surface area contributed by atoms with Crippen LogP contribution in [0.2, 0.25) is 0 Å². The highest BCUT2D eigenvalue weighted by atomic mass is 15.3. The first-order chi connectivity index (χ1) is 10.8. The molecule has 7 nitrogen and oxygen atoms in total. The number of aromatic nitrogens is 4. The van der Waals surface area contributed by atoms with E-state index in [-0.39, 0.29) is 0 Å². The van der Waals surface area contributed by atoms with Gasteiger partial charge in [0.15, 0.2) is 0 Å². The molecule has 22 heavy (non-hydrogen) atoms. The van der Waals surface area contributed by atoms with Crippen molar-refractivity contribution in [3.63, 3.8) is 0 Å². The summed E-state index contributed by atoms with van der Waals surface area (Å²) in [5.74, 6) is 1.62. The number of anilines is 3. The predicted octanol–water partition coefficient (Wildman–Crippen LogP) is 1.62. The van der Waals surface area contributed by atoms with Crippen LogP contribution >= 0.6 is 0 Å². The summed E-state index contributed by atoms with van der Waals surface area (Å²) < 4.78 is 0. The van der Waals surface area contributed by atoms with Gasteiger partial charge in [0.2, 0.25) is 5.95 Å². The minimum Gasteiger partial charge on any atom is -0.353 e. The van der Waals surface area contributed by atoms with Crippen LogP contribution in [0.25, 0.3) is 0 Å². The number of piperazine rings is 1. The second-order valence-electron chi connectivity index (χ2n) is 5.97. The third-order valence-corrected chi connectivity index (χ3v) is 4.72. The van der Waals surface area contributed by atoms with Crippen LogP contribution in [0.1, 0.15) is 19.8 Å². The summed E-state index contributed by atoms with van der Waals surface area (Å²) in [6.45, 7) is 5.54. The Hall–Kier alpha value is -2.15. The maximum Gasteiger partial charge on any atom is 0.229 e. The van der Waals surface area contributed by atoms with E-state index in [9.17, 15) is 0 Å². The molecule has 116 valence electrons. The van der Waals surface area contributed by atoms with Gasteiger partial charge in [0.25, 0.3) is 0 Å². The van der Waals surface area contributed by atoms with Gasteiger partial charge in [0.1, 0.15) is 5.82 Å². The number of nitrogens with one attached hydrogen (secondary N) is 2. The fourth-order valence-electron chi connectivity index (χ4n) is 3.73. The third-order valence-electron chi connectivity index (χ3n) is 4.72. The number of hydrogen-bond donors (Lipinski definition) is 2. The van der Waals surface area contributed by atoms with Gasteiger partial charge in [-0.15, -0.1) is 0 Å². The predicted molar refractivity (Wildman–Crippen MR) is 85.3 cm³/mol. The molecule has 0 aromatic carbocycles. The molecule has 4 heterocycles. The van der Waals surface area contributed by atoms with Crippen LogP contribution in [0.5, 0.6) is 0 Å². The second kappa shape index (κ2) is 5.57. The van der Waals surface area contributed by atoms with E-state index in [0.717, 1.165) is 31.1 Å². The summed E-state index contributed by atoms with van der Waals surface area (Å²) in [6, 6.07) is 3.34. The third kappa shape index (κ3) is 2.41. The summed E-state index contributed by atoms with van der Waals surface area (Å²) in [6.07, 6.45) is 7.94. The standard InChI is InChI=1S/C15H21N7/c1-2-22-12-3-4-13(22)10-21(9-12)14-5-6-16-15(20-14)19-11-7-17-18-8-11/h5-8,12-13H,2-4,9-10H2,1H3,(H,17,18)(H,16,19,20)/t12-,13+. The summed E-state index contributed by atoms with van der Waals surface area (Å²) in [5, 5.41) is 9.86. The Morgan fingerprint density at radius 3 is 2.82 bits per heavy atom. The molecular weight excluding hydrogens is 278 g/mol. The van der Waals surface area contributed by atoms with Crippen molar-refractivity contribution >= 4 is 17.5 Å². The molecule has 0 aliphatic carbocycles. The average Bonchev–Trinajstić information content (AvgIpc) is 3.13. The van der Waals surface area contributed by atoms with E-state index in [0.29, 0.717) is 18.0 Å². The molecule has 2 saturated heterocycles. The maximum absolute atomic E-state index is 4.66. The number of rotatable bonds is 4. The van der Waals surface area contributed by atoms with Gasteiger partial charge in [-0.2, -0.15) is 10.1 Å². The molecular formula is C15H21N7. The van der Waals surface area contributed by atoms with Crippen LogP contribution in [0.15, 0.2) is 24.7 Å². The van der Waals surface area contributed by atoms with Gasteiger partial charge in [-0.1, -0.05) is 6.92 Å². The Morgan fingerprint density at radius 1 is 1.32 bits per heavy atom. The first kappa shape index (κ1) is 13.5. The van der Waals surface area contributed by atoms with Crippen LogP contribution in [-0.4, -0.2) is 56.8 Å². The zero-order valence-electron chi connectivity index (χ0n) is 12.7. The van der Waals surface area contributed by atoms with Crippen molar-refractivity contribution in [1.29, 1.82) is 0 Å². The summed E-state index contributed by atoms with van der Waals surface area (Å²) in [5.41, 5.74) is 0.869. The molecule has 4 rings (SSSR count). The van der Waals surface area contributed by atoms with E-state index >= 15 is 0 Å². The van der Waals surface area contributed by atoms with Gasteiger partial charge in [-0.3, -0.25) is 10.00 Å². The monoisotopic (exact) mass is 299 g/mol. The number of likely N-dealkylation sites (N-methyl/N-ethyl adjacent to an activating group) is 1. The minimum absolute atomic E-state index is 0.615. The second-order valence-corrected chi connectivity index (χ2v) is 5.97. The highest BCUT2D eigenvalue weighted by Gasteiger charge is 2.39. The largest absolute Gasteiger partial charge is 0.353 e. The first-order valence-corrected chi connectivity index (χ1v) is 7.93. The van der Waals surface area contributed by atoms with Crippen molar-refractivity contribution in [3.8, 4) is 0 Å². The number of aromatic amines is 1. The van der Waals surface area contributed by atoms with Crippen LogP contribution in [-0.2, 0) is 0 Å². The lowest BCUT2D eigenvalue weighted by molar-refractivity contribution is 0.178. The molecule has 2 N–H and O–H groups in total. The fraction of sp³-hybridized carbons (Fsp3) is 0.533. The van der Waals surface area contributed by atoms with E-state index in [1.807, 2.05) is 12.3 Å². The molecule has 7 heteroatoms. The first-order valence-electron chi connectivity index (χ1n) is 7.93. The number of fused-ring (bicyclic) bond motifs is 2. The van der Waals surface area contributed by atoms with Crippen LogP contribution < -0.4 is 10.2 Å². The fourth-order valence-corrected chi connectivity index (χ4v) is 3.73. The normalized spacial score (nSPS) is 24.7. The molecule has 2 atom stereocenters. The Morgan fingerprint density at radius 2 is 2.14 bits per heavy atom. The molecule has 2 aliphatic heterocycles. The zero-order chi connectivity index (χ0) is 14.9. The van der Waals surface area contributed by atoms with Crippen molar-refractivity contribution in [3.05, 3.63) is 24.7 Å². The molecule has 0 radical (unpaired) electrons. The molecule has 2 aromatic rings. The van der Waals surface area contributed by atoms with Crippen molar-refractivity contribution in [2.45, 2.75) is 31.8 Å². The van der Waals surface area contributed by atoms with Gasteiger partial charge < -0.3 is 10.2 Å². The Balaban J connectivity index is 1.51. The summed E-state index contributed by atoms with van der Waals surface area (Å²) in [4.78, 5) is 14.0. The molecule has 0 amide bonds. The van der Waals surface area contributed by atoms with E-state index in [2.05, 4.69) is 42.2 Å². The van der Waals surface area contributed by atoms with Crippen molar-refractivity contribution in [2.24, 2.45) is 0 Å². The van der Waals surface area contributed by atoms with Crippen LogP contribution in [0.4, 0.5) is 17.5 Å². The average molecular weight is 299 g/mol. The Bertz CT molecular complexity index is 613. The van der Waals surface area contributed by atoms with Gasteiger partial charge in [0.05, 0.1) is 11.9 Å². The van der Waals surface area contributed by atoms with Gasteiger partial charge in [-0.25, -0.2) is 4.98 Å². The lowest BCUT2D eigenvalue weighted by Gasteiger charge is -2.41. The topological polar surface area (TPSA) is 73.0 Å². The molecule has 2 aliphatic rings. The number of hydrogen-bond acceptors (Lipinski definition) is 6. The van der Waals surface area contributed by atoms with Crippen LogP contribution in [0.3, 0.4) is 0 Å². The highest BCUT2D eigenvalue weighted by molar-refractivity contribution is 5.53. The number of H-pyrrole nitrogens is 1. The van der Waals surface area contributed by atoms with Crippen molar-refractivity contribution < 1.29 is 0 Å². The van der Waals surface area contributed by atoms with E-state index in [4.69, 9.17) is 0 Å². The van der Waals surface area contributed by atoms with E-state index in [1.54, 1.807) is 12.4 Å². The smallest absolute Gasteiger partial charge is 0.229 e. The molecule has 0 unspecified atom stereocenters. The van der Waals surface area contributed by atoms with Crippen LogP contribution in [0, 0.1) is 0 Å². The lowest BCUT2D eigenvalue weighted by Crippen LogP contribution is -2.53. The molecule has 2 fully saturated rings. The summed E-state index contributed by atoms with van der Waals surface area (Å²) >= 11 is 0. The SMILES string of the molecule is CCN1[C@@H]2CC[C@H]1CN(c1ccnc(Nc3cn[nH]c3)n1)C2. The molecule has 0 spiro atoms. The summed E-state index contributed by atoms with van der Waals surface area (Å²) in [7, 11) is 0. The van der Waals surface area contributed by atoms with Gasteiger partial charge in [0, 0.05) is 37.6 Å². The highest BCUT2D eigenvalue weighted by Crippen LogP contribution is 2.31. The van der Waals surface area contributed by atoms with Gasteiger partial charge in [-0.05, 0) is 25.5 Å². The van der Waals surface area contributed by atoms with E-state index in [1.165, 1.54) is 12.8 Å². The quantitative estimate of drug-likeness (QED) is 0.894. The minimum atomic E-state index is 0.615. The molecule has 2 aromatic heterocycles.